The Kier molecular flexibility index (Phi) is 2.36. The summed E-state index contributed by atoms with van der Waals surface area (Å²) in [7, 11) is 0. The van der Waals surface area contributed by atoms with Gasteiger partial charge < -0.3 is 16.8 Å². The molecule has 2 aromatic rings. The molecule has 0 bridgehead atoms. The Balaban J connectivity index is 2.06. The van der Waals surface area contributed by atoms with Crippen molar-refractivity contribution in [3.63, 3.8) is 0 Å². The van der Waals surface area contributed by atoms with E-state index < -0.39 is 0 Å². The number of nitrogens with two attached hydrogens (primary N) is 2. The molecule has 5 N–H and O–H groups in total. The maximum absolute atomic E-state index is 6.15. The third-order valence-corrected chi connectivity index (χ3v) is 3.36. The van der Waals surface area contributed by atoms with Gasteiger partial charge in [-0.15, -0.1) is 5.10 Å². The Hall–Kier alpha value is -1.82. The van der Waals surface area contributed by atoms with E-state index in [-0.39, 0.29) is 5.95 Å². The third kappa shape index (κ3) is 1.70. The number of rotatable bonds is 1. The molecular weight excluding hydrogens is 216 g/mol. The number of nitrogens with zero attached hydrogens (tertiary/aromatic N) is 3. The van der Waals surface area contributed by atoms with Gasteiger partial charge in [0.25, 0.3) is 0 Å². The molecule has 90 valence electrons. The number of hydrogen-bond donors (Lipinski definition) is 3. The molecule has 0 amide bonds. The normalized spacial score (nSPS) is 17.6. The first kappa shape index (κ1) is 10.3. The van der Waals surface area contributed by atoms with E-state index in [0.717, 1.165) is 31.5 Å². The van der Waals surface area contributed by atoms with Crippen molar-refractivity contribution < 1.29 is 0 Å². The van der Waals surface area contributed by atoms with Crippen LogP contribution in [0, 0.1) is 0 Å². The number of hydrogen-bond acceptors (Lipinski definition) is 5. The van der Waals surface area contributed by atoms with Crippen LogP contribution in [0.1, 0.15) is 24.3 Å². The Bertz CT molecular complexity index is 540. The van der Waals surface area contributed by atoms with Crippen LogP contribution < -0.4 is 16.8 Å². The summed E-state index contributed by atoms with van der Waals surface area (Å²) in [6.07, 6.45) is 2.22. The summed E-state index contributed by atoms with van der Waals surface area (Å²) in [6.45, 7) is 2.09. The van der Waals surface area contributed by atoms with Crippen LogP contribution in [0.3, 0.4) is 0 Å². The molecule has 17 heavy (non-hydrogen) atoms. The Morgan fingerprint density at radius 2 is 2.00 bits per heavy atom. The number of piperidine rings is 1. The second-order valence-corrected chi connectivity index (χ2v) is 4.44. The molecule has 2 aromatic heterocycles. The average Bonchev–Trinajstić information content (AvgIpc) is 2.72. The first-order chi connectivity index (χ1) is 8.25. The van der Waals surface area contributed by atoms with E-state index in [0.29, 0.717) is 17.4 Å². The van der Waals surface area contributed by atoms with Gasteiger partial charge in [-0.1, -0.05) is 6.07 Å². The molecule has 3 rings (SSSR count). The summed E-state index contributed by atoms with van der Waals surface area (Å²) < 4.78 is 1.63. The summed E-state index contributed by atoms with van der Waals surface area (Å²) in [6, 6.07) is 3.98. The molecule has 0 aliphatic carbocycles. The fraction of sp³-hybridized carbons (Fsp3) is 0.455. The second-order valence-electron chi connectivity index (χ2n) is 4.44. The monoisotopic (exact) mass is 232 g/mol. The van der Waals surface area contributed by atoms with Crippen LogP contribution in [-0.2, 0) is 0 Å². The van der Waals surface area contributed by atoms with E-state index in [9.17, 15) is 0 Å². The zero-order valence-corrected chi connectivity index (χ0v) is 9.56. The van der Waals surface area contributed by atoms with E-state index in [1.165, 1.54) is 0 Å². The zero-order valence-electron chi connectivity index (χ0n) is 9.56. The molecule has 3 heterocycles. The maximum atomic E-state index is 6.15. The number of nitrogens with one attached hydrogen (secondary N) is 1. The van der Waals surface area contributed by atoms with Gasteiger partial charge in [0, 0.05) is 0 Å². The molecule has 0 radical (unpaired) electrons. The van der Waals surface area contributed by atoms with Gasteiger partial charge in [0.2, 0.25) is 5.95 Å². The first-order valence-corrected chi connectivity index (χ1v) is 5.87. The topological polar surface area (TPSA) is 94.3 Å². The minimum atomic E-state index is 0.263. The quantitative estimate of drug-likeness (QED) is 0.660. The van der Waals surface area contributed by atoms with Gasteiger partial charge in [-0.2, -0.15) is 9.50 Å². The summed E-state index contributed by atoms with van der Waals surface area (Å²) >= 11 is 0. The summed E-state index contributed by atoms with van der Waals surface area (Å²) in [5.41, 5.74) is 13.6. The van der Waals surface area contributed by atoms with Crippen molar-refractivity contribution in [2.24, 2.45) is 0 Å². The highest BCUT2D eigenvalue weighted by atomic mass is 15.3. The lowest BCUT2D eigenvalue weighted by molar-refractivity contribution is 0.460. The summed E-state index contributed by atoms with van der Waals surface area (Å²) in [4.78, 5) is 4.10. The van der Waals surface area contributed by atoms with Crippen LogP contribution in [0.5, 0.6) is 0 Å². The molecule has 0 spiro atoms. The Labute approximate surface area is 99.0 Å². The lowest BCUT2D eigenvalue weighted by atomic mass is 9.90. The molecule has 0 unspecified atom stereocenters. The largest absolute Gasteiger partial charge is 0.383 e. The third-order valence-electron chi connectivity index (χ3n) is 3.36. The van der Waals surface area contributed by atoms with Gasteiger partial charge in [-0.05, 0) is 43.5 Å². The van der Waals surface area contributed by atoms with Crippen LogP contribution in [-0.4, -0.2) is 27.7 Å². The highest BCUT2D eigenvalue weighted by Crippen LogP contribution is 2.29. The van der Waals surface area contributed by atoms with Crippen molar-refractivity contribution in [3.8, 4) is 0 Å². The molecule has 6 heteroatoms. The minimum absolute atomic E-state index is 0.263. The molecule has 1 aliphatic heterocycles. The van der Waals surface area contributed by atoms with Crippen LogP contribution >= 0.6 is 0 Å². The maximum Gasteiger partial charge on any atom is 0.240 e. The fourth-order valence-electron chi connectivity index (χ4n) is 2.48. The zero-order chi connectivity index (χ0) is 11.8. The standard InChI is InChI=1S/C11H16N6/c12-10-8(7-3-5-14-6-4-7)1-2-9-15-11(13)16-17(9)10/h1-2,7,14H,3-6,12H2,(H2,13,16). The van der Waals surface area contributed by atoms with Crippen LogP contribution in [0.25, 0.3) is 5.65 Å². The highest BCUT2D eigenvalue weighted by molar-refractivity contribution is 5.54. The van der Waals surface area contributed by atoms with Crippen molar-refractivity contribution in [3.05, 3.63) is 17.7 Å². The molecule has 0 aromatic carbocycles. The van der Waals surface area contributed by atoms with E-state index in [2.05, 4.69) is 21.5 Å². The molecule has 6 nitrogen and oxygen atoms in total. The predicted octanol–water partition coefficient (Wildman–Crippen LogP) is 0.361. The van der Waals surface area contributed by atoms with Crippen molar-refractivity contribution in [1.82, 2.24) is 19.9 Å². The van der Waals surface area contributed by atoms with E-state index in [1.54, 1.807) is 4.52 Å². The lowest BCUT2D eigenvalue weighted by Crippen LogP contribution is -2.27. The Morgan fingerprint density at radius 3 is 2.76 bits per heavy atom. The smallest absolute Gasteiger partial charge is 0.240 e. The predicted molar refractivity (Wildman–Crippen MR) is 66.7 cm³/mol. The van der Waals surface area contributed by atoms with Crippen LogP contribution in [0.4, 0.5) is 11.8 Å². The van der Waals surface area contributed by atoms with Gasteiger partial charge in [-0.25, -0.2) is 0 Å². The van der Waals surface area contributed by atoms with Crippen molar-refractivity contribution >= 4 is 17.4 Å². The van der Waals surface area contributed by atoms with Crippen molar-refractivity contribution in [2.75, 3.05) is 24.6 Å². The number of nitrogen functional groups attached to an aromatic ring is 2. The first-order valence-electron chi connectivity index (χ1n) is 5.87. The summed E-state index contributed by atoms with van der Waals surface area (Å²) in [5, 5.41) is 7.46. The molecule has 0 saturated carbocycles. The summed E-state index contributed by atoms with van der Waals surface area (Å²) in [5.74, 6) is 1.43. The lowest BCUT2D eigenvalue weighted by Gasteiger charge is -2.24. The van der Waals surface area contributed by atoms with Gasteiger partial charge >= 0.3 is 0 Å². The number of aromatic nitrogens is 3. The molecule has 0 atom stereocenters. The van der Waals surface area contributed by atoms with Crippen LogP contribution in [0.15, 0.2) is 12.1 Å². The van der Waals surface area contributed by atoms with Crippen LogP contribution in [0.2, 0.25) is 0 Å². The highest BCUT2D eigenvalue weighted by Gasteiger charge is 2.19. The fourth-order valence-corrected chi connectivity index (χ4v) is 2.48. The number of fused-ring (bicyclic) bond motifs is 1. The SMILES string of the molecule is Nc1nc2ccc(C3CCNCC3)c(N)n2n1. The van der Waals surface area contributed by atoms with E-state index in [1.807, 2.05) is 6.07 Å². The minimum Gasteiger partial charge on any atom is -0.383 e. The van der Waals surface area contributed by atoms with Gasteiger partial charge in [0.1, 0.15) is 5.82 Å². The Morgan fingerprint density at radius 1 is 1.24 bits per heavy atom. The van der Waals surface area contributed by atoms with Gasteiger partial charge in [-0.3, -0.25) is 0 Å². The molecule has 1 aliphatic rings. The van der Waals surface area contributed by atoms with E-state index in [4.69, 9.17) is 11.5 Å². The second kappa shape index (κ2) is 3.89. The molecule has 1 fully saturated rings. The van der Waals surface area contributed by atoms with Crippen molar-refractivity contribution in [1.29, 1.82) is 0 Å². The average molecular weight is 232 g/mol. The molecule has 1 saturated heterocycles. The van der Waals surface area contributed by atoms with Gasteiger partial charge in [0.15, 0.2) is 5.65 Å². The van der Waals surface area contributed by atoms with Crippen molar-refractivity contribution in [2.45, 2.75) is 18.8 Å². The van der Waals surface area contributed by atoms with Gasteiger partial charge in [0.05, 0.1) is 0 Å². The number of anilines is 2. The van der Waals surface area contributed by atoms with E-state index >= 15 is 0 Å². The molecular formula is C11H16N6. The number of pyridine rings is 1.